The Labute approximate surface area is 130 Å². The first-order chi connectivity index (χ1) is 10.5. The lowest BCUT2D eigenvalue weighted by molar-refractivity contribution is -0.114. The van der Waals surface area contributed by atoms with E-state index in [0.29, 0.717) is 16.9 Å². The van der Waals surface area contributed by atoms with Gasteiger partial charge >= 0.3 is 0 Å². The Morgan fingerprint density at radius 3 is 2.09 bits per heavy atom. The Bertz CT molecular complexity index is 691. The van der Waals surface area contributed by atoms with E-state index in [4.69, 9.17) is 0 Å². The van der Waals surface area contributed by atoms with E-state index in [1.165, 1.54) is 12.5 Å². The Hall–Kier alpha value is -2.62. The van der Waals surface area contributed by atoms with Crippen molar-refractivity contribution < 1.29 is 9.59 Å². The summed E-state index contributed by atoms with van der Waals surface area (Å²) in [6, 6.07) is 13.0. The highest BCUT2D eigenvalue weighted by Crippen LogP contribution is 2.23. The van der Waals surface area contributed by atoms with Gasteiger partial charge in [-0.1, -0.05) is 25.1 Å². The molecule has 0 atom stereocenters. The molecule has 0 aromatic heterocycles. The minimum absolute atomic E-state index is 0.137. The number of amides is 2. The molecule has 0 bridgehead atoms. The third-order valence-corrected chi connectivity index (χ3v) is 3.52. The highest BCUT2D eigenvalue weighted by atomic mass is 16.2. The van der Waals surface area contributed by atoms with Crippen LogP contribution in [0.15, 0.2) is 42.5 Å². The summed E-state index contributed by atoms with van der Waals surface area (Å²) in [5, 5.41) is 5.64. The first-order valence-corrected chi connectivity index (χ1v) is 7.28. The summed E-state index contributed by atoms with van der Waals surface area (Å²) < 4.78 is 0. The van der Waals surface area contributed by atoms with E-state index >= 15 is 0 Å². The number of aryl methyl sites for hydroxylation is 1. The Morgan fingerprint density at radius 2 is 1.55 bits per heavy atom. The molecule has 0 unspecified atom stereocenters. The minimum atomic E-state index is -0.161. The minimum Gasteiger partial charge on any atom is -0.326 e. The largest absolute Gasteiger partial charge is 0.326 e. The van der Waals surface area contributed by atoms with Gasteiger partial charge in [0.2, 0.25) is 5.91 Å². The third-order valence-electron chi connectivity index (χ3n) is 3.52. The van der Waals surface area contributed by atoms with Crippen LogP contribution >= 0.6 is 0 Å². The second kappa shape index (κ2) is 6.89. The predicted molar refractivity (Wildman–Crippen MR) is 89.3 cm³/mol. The van der Waals surface area contributed by atoms with E-state index in [0.717, 1.165) is 12.0 Å². The number of benzene rings is 2. The maximum atomic E-state index is 12.3. The second-order valence-corrected chi connectivity index (χ2v) is 5.16. The molecule has 114 valence electrons. The van der Waals surface area contributed by atoms with Crippen LogP contribution in [0.5, 0.6) is 0 Å². The fourth-order valence-corrected chi connectivity index (χ4v) is 2.18. The van der Waals surface area contributed by atoms with Crippen LogP contribution in [0.25, 0.3) is 0 Å². The van der Waals surface area contributed by atoms with Crippen molar-refractivity contribution in [3.8, 4) is 0 Å². The van der Waals surface area contributed by atoms with Crippen molar-refractivity contribution in [3.63, 3.8) is 0 Å². The molecule has 0 fully saturated rings. The van der Waals surface area contributed by atoms with Crippen LogP contribution in [0, 0.1) is 6.92 Å². The second-order valence-electron chi connectivity index (χ2n) is 5.16. The smallest absolute Gasteiger partial charge is 0.255 e. The van der Waals surface area contributed by atoms with Gasteiger partial charge in [0.1, 0.15) is 0 Å². The molecule has 0 aliphatic carbocycles. The van der Waals surface area contributed by atoms with Gasteiger partial charge in [-0.3, -0.25) is 9.59 Å². The highest BCUT2D eigenvalue weighted by Gasteiger charge is 2.10. The Morgan fingerprint density at radius 1 is 0.955 bits per heavy atom. The van der Waals surface area contributed by atoms with Gasteiger partial charge in [0.05, 0.1) is 0 Å². The molecule has 2 aromatic carbocycles. The van der Waals surface area contributed by atoms with E-state index < -0.39 is 0 Å². The fraction of sp³-hybridized carbons (Fsp3) is 0.222. The molecule has 4 heteroatoms. The molecule has 0 spiro atoms. The zero-order valence-corrected chi connectivity index (χ0v) is 13.1. The first kappa shape index (κ1) is 15.8. The lowest BCUT2D eigenvalue weighted by atomic mass is 10.1. The summed E-state index contributed by atoms with van der Waals surface area (Å²) >= 11 is 0. The van der Waals surface area contributed by atoms with Crippen molar-refractivity contribution in [1.29, 1.82) is 0 Å². The van der Waals surface area contributed by atoms with Crippen molar-refractivity contribution in [3.05, 3.63) is 59.2 Å². The number of hydrogen-bond acceptors (Lipinski definition) is 2. The van der Waals surface area contributed by atoms with E-state index in [1.54, 1.807) is 6.07 Å². The average molecular weight is 296 g/mol. The lowest BCUT2D eigenvalue weighted by Crippen LogP contribution is -2.14. The maximum absolute atomic E-state index is 12.3. The topological polar surface area (TPSA) is 58.2 Å². The lowest BCUT2D eigenvalue weighted by Gasteiger charge is -2.13. The normalized spacial score (nSPS) is 10.1. The molecule has 2 N–H and O–H groups in total. The van der Waals surface area contributed by atoms with Crippen molar-refractivity contribution in [2.45, 2.75) is 27.2 Å². The fourth-order valence-electron chi connectivity index (χ4n) is 2.18. The molecule has 0 radical (unpaired) electrons. The molecule has 0 saturated carbocycles. The molecular formula is C18H20N2O2. The summed E-state index contributed by atoms with van der Waals surface area (Å²) in [5.41, 5.74) is 4.03. The number of nitrogens with one attached hydrogen (secondary N) is 2. The van der Waals surface area contributed by atoms with Crippen LogP contribution in [0.1, 0.15) is 35.3 Å². The maximum Gasteiger partial charge on any atom is 0.255 e. The number of hydrogen-bond donors (Lipinski definition) is 2. The summed E-state index contributed by atoms with van der Waals surface area (Å²) in [4.78, 5) is 23.5. The average Bonchev–Trinajstić information content (AvgIpc) is 2.51. The summed E-state index contributed by atoms with van der Waals surface area (Å²) in [5.74, 6) is -0.299. The van der Waals surface area contributed by atoms with E-state index in [1.807, 2.05) is 43.3 Å². The molecular weight excluding hydrogens is 276 g/mol. The molecule has 2 amide bonds. The Balaban J connectivity index is 2.18. The van der Waals surface area contributed by atoms with Crippen LogP contribution in [0.2, 0.25) is 0 Å². The molecule has 0 aliphatic heterocycles. The van der Waals surface area contributed by atoms with Gasteiger partial charge in [0, 0.05) is 23.9 Å². The van der Waals surface area contributed by atoms with Crippen LogP contribution in [0.3, 0.4) is 0 Å². The quantitative estimate of drug-likeness (QED) is 0.902. The SMILES string of the molecule is CCc1ccc(C(=O)Nc2cccc(NC(C)=O)c2C)cc1. The molecule has 22 heavy (non-hydrogen) atoms. The monoisotopic (exact) mass is 296 g/mol. The van der Waals surface area contributed by atoms with Crippen LogP contribution in [0.4, 0.5) is 11.4 Å². The van der Waals surface area contributed by atoms with Crippen LogP contribution in [-0.2, 0) is 11.2 Å². The summed E-state index contributed by atoms with van der Waals surface area (Å²) in [6.45, 7) is 5.40. The number of anilines is 2. The predicted octanol–water partition coefficient (Wildman–Crippen LogP) is 3.77. The van der Waals surface area contributed by atoms with Gasteiger partial charge in [-0.05, 0) is 48.7 Å². The molecule has 0 heterocycles. The van der Waals surface area contributed by atoms with Gasteiger partial charge in [-0.15, -0.1) is 0 Å². The summed E-state index contributed by atoms with van der Waals surface area (Å²) in [7, 11) is 0. The van der Waals surface area contributed by atoms with E-state index in [2.05, 4.69) is 17.6 Å². The van der Waals surface area contributed by atoms with Crippen LogP contribution < -0.4 is 10.6 Å². The molecule has 2 rings (SSSR count). The van der Waals surface area contributed by atoms with E-state index in [-0.39, 0.29) is 11.8 Å². The Kier molecular flexibility index (Phi) is 4.94. The number of rotatable bonds is 4. The van der Waals surface area contributed by atoms with Gasteiger partial charge in [-0.2, -0.15) is 0 Å². The standard InChI is InChI=1S/C18H20N2O2/c1-4-14-8-10-15(11-9-14)18(22)20-17-7-5-6-16(12(17)2)19-13(3)21/h5-11H,4H2,1-3H3,(H,19,21)(H,20,22). The van der Waals surface area contributed by atoms with Crippen molar-refractivity contribution in [1.82, 2.24) is 0 Å². The van der Waals surface area contributed by atoms with Crippen LogP contribution in [-0.4, -0.2) is 11.8 Å². The molecule has 0 aliphatic rings. The van der Waals surface area contributed by atoms with Crippen molar-refractivity contribution in [2.75, 3.05) is 10.6 Å². The molecule has 0 saturated heterocycles. The van der Waals surface area contributed by atoms with Crippen molar-refractivity contribution in [2.24, 2.45) is 0 Å². The van der Waals surface area contributed by atoms with Gasteiger partial charge in [0.15, 0.2) is 0 Å². The zero-order chi connectivity index (χ0) is 16.1. The first-order valence-electron chi connectivity index (χ1n) is 7.28. The highest BCUT2D eigenvalue weighted by molar-refractivity contribution is 6.05. The third kappa shape index (κ3) is 3.73. The van der Waals surface area contributed by atoms with Gasteiger partial charge < -0.3 is 10.6 Å². The molecule has 4 nitrogen and oxygen atoms in total. The molecule has 2 aromatic rings. The number of carbonyl (C=O) groups is 2. The zero-order valence-electron chi connectivity index (χ0n) is 13.1. The van der Waals surface area contributed by atoms with Gasteiger partial charge in [0.25, 0.3) is 5.91 Å². The van der Waals surface area contributed by atoms with Crippen molar-refractivity contribution >= 4 is 23.2 Å². The number of carbonyl (C=O) groups excluding carboxylic acids is 2. The summed E-state index contributed by atoms with van der Waals surface area (Å²) in [6.07, 6.45) is 0.944. The van der Waals surface area contributed by atoms with E-state index in [9.17, 15) is 9.59 Å². The van der Waals surface area contributed by atoms with Gasteiger partial charge in [-0.25, -0.2) is 0 Å².